The molecule has 2 aliphatic heterocycles. The molecule has 6 rings (SSSR count). The number of benzene rings is 4. The van der Waals surface area contributed by atoms with Crippen LogP contribution in [-0.2, 0) is 0 Å². The molecule has 2 nitrogen and oxygen atoms in total. The summed E-state index contributed by atoms with van der Waals surface area (Å²) < 4.78 is 0. The maximum atomic E-state index is 3.48. The van der Waals surface area contributed by atoms with Crippen LogP contribution >= 0.6 is 35.3 Å². The molecule has 0 bridgehead atoms. The SMILES string of the molecule is CSc1ccc2c(c1)Nc1ccccc1S2.c1ccc2c(c1)Nc1ccccc1S2. The van der Waals surface area contributed by atoms with Gasteiger partial charge in [0.25, 0.3) is 0 Å². The van der Waals surface area contributed by atoms with E-state index < -0.39 is 0 Å². The zero-order valence-corrected chi connectivity index (χ0v) is 18.8. The fraction of sp³-hybridized carbons (Fsp3) is 0.0400. The molecule has 4 aromatic rings. The Morgan fingerprint density at radius 3 is 1.47 bits per heavy atom. The second kappa shape index (κ2) is 8.72. The molecule has 0 fully saturated rings. The van der Waals surface area contributed by atoms with Crippen LogP contribution in [0.15, 0.2) is 115 Å². The molecule has 0 saturated carbocycles. The first-order chi connectivity index (χ1) is 14.8. The van der Waals surface area contributed by atoms with E-state index in [1.165, 1.54) is 47.2 Å². The third-order valence-electron chi connectivity index (χ3n) is 4.83. The van der Waals surface area contributed by atoms with Crippen molar-refractivity contribution in [2.24, 2.45) is 0 Å². The maximum absolute atomic E-state index is 3.48. The van der Waals surface area contributed by atoms with E-state index in [0.29, 0.717) is 0 Å². The van der Waals surface area contributed by atoms with Crippen LogP contribution in [0.5, 0.6) is 0 Å². The fourth-order valence-electron chi connectivity index (χ4n) is 3.33. The molecule has 0 spiro atoms. The van der Waals surface area contributed by atoms with E-state index in [4.69, 9.17) is 0 Å². The first kappa shape index (κ1) is 19.5. The lowest BCUT2D eigenvalue weighted by Gasteiger charge is -2.20. The second-order valence-electron chi connectivity index (χ2n) is 6.80. The number of hydrogen-bond donors (Lipinski definition) is 2. The summed E-state index contributed by atoms with van der Waals surface area (Å²) in [6.45, 7) is 0. The van der Waals surface area contributed by atoms with Gasteiger partial charge in [-0.2, -0.15) is 0 Å². The van der Waals surface area contributed by atoms with Crippen LogP contribution in [-0.4, -0.2) is 6.26 Å². The molecule has 0 aromatic heterocycles. The van der Waals surface area contributed by atoms with Gasteiger partial charge < -0.3 is 10.6 Å². The summed E-state index contributed by atoms with van der Waals surface area (Å²) in [6, 6.07) is 31.7. The Kier molecular flexibility index (Phi) is 5.67. The quantitative estimate of drug-likeness (QED) is 0.248. The highest BCUT2D eigenvalue weighted by atomic mass is 32.2. The molecule has 2 heterocycles. The second-order valence-corrected chi connectivity index (χ2v) is 9.85. The average molecular weight is 445 g/mol. The third-order valence-corrected chi connectivity index (χ3v) is 7.86. The minimum absolute atomic E-state index is 1.20. The Labute approximate surface area is 189 Å². The summed E-state index contributed by atoms with van der Waals surface area (Å²) in [6.07, 6.45) is 2.10. The van der Waals surface area contributed by atoms with Crippen molar-refractivity contribution in [1.29, 1.82) is 0 Å². The molecule has 0 radical (unpaired) electrons. The molecule has 148 valence electrons. The van der Waals surface area contributed by atoms with E-state index in [-0.39, 0.29) is 0 Å². The van der Waals surface area contributed by atoms with Crippen LogP contribution in [0.3, 0.4) is 0 Å². The van der Waals surface area contributed by atoms with E-state index >= 15 is 0 Å². The van der Waals surface area contributed by atoms with Crippen molar-refractivity contribution in [1.82, 2.24) is 0 Å². The van der Waals surface area contributed by atoms with Gasteiger partial charge in [-0.05, 0) is 60.9 Å². The lowest BCUT2D eigenvalue weighted by atomic mass is 10.2. The van der Waals surface area contributed by atoms with Crippen molar-refractivity contribution < 1.29 is 0 Å². The largest absolute Gasteiger partial charge is 0.354 e. The van der Waals surface area contributed by atoms with Gasteiger partial charge in [-0.1, -0.05) is 59.9 Å². The smallest absolute Gasteiger partial charge is 0.0537 e. The van der Waals surface area contributed by atoms with Crippen molar-refractivity contribution in [2.75, 3.05) is 16.9 Å². The maximum Gasteiger partial charge on any atom is 0.0537 e. The number of para-hydroxylation sites is 3. The van der Waals surface area contributed by atoms with E-state index in [9.17, 15) is 0 Å². The minimum atomic E-state index is 1.20. The van der Waals surface area contributed by atoms with Crippen LogP contribution in [0.1, 0.15) is 0 Å². The molecule has 0 aliphatic carbocycles. The minimum Gasteiger partial charge on any atom is -0.354 e. The van der Waals surface area contributed by atoms with Crippen molar-refractivity contribution in [3.05, 3.63) is 91.0 Å². The van der Waals surface area contributed by atoms with Gasteiger partial charge in [-0.15, -0.1) is 11.8 Å². The van der Waals surface area contributed by atoms with Crippen LogP contribution in [0, 0.1) is 0 Å². The number of rotatable bonds is 1. The van der Waals surface area contributed by atoms with E-state index in [2.05, 4.69) is 108 Å². The van der Waals surface area contributed by atoms with Crippen LogP contribution in [0.25, 0.3) is 0 Å². The summed E-state index contributed by atoms with van der Waals surface area (Å²) in [4.78, 5) is 6.49. The Hall–Kier alpha value is -2.47. The Morgan fingerprint density at radius 2 is 0.967 bits per heavy atom. The molecule has 0 amide bonds. The van der Waals surface area contributed by atoms with Crippen LogP contribution in [0.2, 0.25) is 0 Å². The predicted molar refractivity (Wildman–Crippen MR) is 132 cm³/mol. The highest BCUT2D eigenvalue weighted by Crippen LogP contribution is 2.45. The van der Waals surface area contributed by atoms with Gasteiger partial charge in [0.2, 0.25) is 0 Å². The van der Waals surface area contributed by atoms with Crippen LogP contribution in [0.4, 0.5) is 22.7 Å². The van der Waals surface area contributed by atoms with Crippen LogP contribution < -0.4 is 10.6 Å². The van der Waals surface area contributed by atoms with Crippen molar-refractivity contribution in [3.63, 3.8) is 0 Å². The van der Waals surface area contributed by atoms with Crippen molar-refractivity contribution in [3.8, 4) is 0 Å². The average Bonchev–Trinajstić information content (AvgIpc) is 2.81. The zero-order valence-electron chi connectivity index (χ0n) is 16.4. The van der Waals surface area contributed by atoms with Crippen molar-refractivity contribution in [2.45, 2.75) is 24.5 Å². The summed E-state index contributed by atoms with van der Waals surface area (Å²) in [5.41, 5.74) is 4.83. The summed E-state index contributed by atoms with van der Waals surface area (Å²) in [5.74, 6) is 0. The topological polar surface area (TPSA) is 24.1 Å². The molecule has 30 heavy (non-hydrogen) atoms. The molecule has 2 aliphatic rings. The Morgan fingerprint density at radius 1 is 0.533 bits per heavy atom. The first-order valence-corrected chi connectivity index (χ1v) is 12.5. The molecular formula is C25H20N2S3. The number of hydrogen-bond acceptors (Lipinski definition) is 5. The first-order valence-electron chi connectivity index (χ1n) is 9.65. The number of thioether (sulfide) groups is 1. The van der Waals surface area contributed by atoms with Gasteiger partial charge in [-0.25, -0.2) is 0 Å². The molecule has 5 heteroatoms. The van der Waals surface area contributed by atoms with Gasteiger partial charge in [0, 0.05) is 24.5 Å². The summed E-state index contributed by atoms with van der Waals surface area (Å²) in [5, 5.41) is 6.90. The molecule has 4 aromatic carbocycles. The number of anilines is 4. The molecule has 0 unspecified atom stereocenters. The van der Waals surface area contributed by atoms with Gasteiger partial charge in [0.1, 0.15) is 0 Å². The highest BCUT2D eigenvalue weighted by Gasteiger charge is 2.15. The van der Waals surface area contributed by atoms with Gasteiger partial charge in [-0.3, -0.25) is 0 Å². The zero-order chi connectivity index (χ0) is 20.3. The standard InChI is InChI=1S/C13H11NS2.C12H9NS/c1-15-9-6-7-13-11(8-9)14-10-4-2-3-5-12(10)16-13;1-3-7-11-9(5-1)13-10-6-2-4-8-12(10)14-11/h2-8,14H,1H3;1-8,13H. The lowest BCUT2D eigenvalue weighted by molar-refractivity contribution is 1.28. The van der Waals surface area contributed by atoms with Crippen molar-refractivity contribution >= 4 is 58.0 Å². The number of nitrogens with one attached hydrogen (secondary N) is 2. The van der Waals surface area contributed by atoms with E-state index in [1.807, 2.05) is 23.5 Å². The van der Waals surface area contributed by atoms with E-state index in [1.54, 1.807) is 11.8 Å². The fourth-order valence-corrected chi connectivity index (χ4v) is 5.72. The predicted octanol–water partition coefficient (Wildman–Crippen LogP) is 8.51. The van der Waals surface area contributed by atoms with E-state index in [0.717, 1.165) is 0 Å². The monoisotopic (exact) mass is 444 g/mol. The molecule has 0 atom stereocenters. The Balaban J connectivity index is 0.000000130. The third kappa shape index (κ3) is 4.06. The van der Waals surface area contributed by atoms with Gasteiger partial charge in [0.05, 0.1) is 22.7 Å². The lowest BCUT2D eigenvalue weighted by Crippen LogP contribution is -1.99. The number of fused-ring (bicyclic) bond motifs is 4. The summed E-state index contributed by atoms with van der Waals surface area (Å²) >= 11 is 5.42. The molecule has 2 N–H and O–H groups in total. The van der Waals surface area contributed by atoms with Gasteiger partial charge >= 0.3 is 0 Å². The highest BCUT2D eigenvalue weighted by molar-refractivity contribution is 8.00. The molecule has 0 saturated heterocycles. The normalized spacial score (nSPS) is 12.6. The van der Waals surface area contributed by atoms with Gasteiger partial charge in [0.15, 0.2) is 0 Å². The molecular weight excluding hydrogens is 424 g/mol. The summed E-state index contributed by atoms with van der Waals surface area (Å²) in [7, 11) is 0. The Bertz CT molecular complexity index is 1120.